The minimum atomic E-state index is -4.14. The molecule has 2 saturated heterocycles. The lowest BCUT2D eigenvalue weighted by Gasteiger charge is -2.38. The van der Waals surface area contributed by atoms with E-state index in [1.54, 1.807) is 14.2 Å². The molecule has 0 aliphatic carbocycles. The molecule has 2 aliphatic rings. The molecule has 0 radical (unpaired) electrons. The molecule has 3 rings (SSSR count). The van der Waals surface area contributed by atoms with Gasteiger partial charge in [-0.2, -0.15) is 13.2 Å². The Labute approximate surface area is 163 Å². The van der Waals surface area contributed by atoms with Crippen molar-refractivity contribution in [3.8, 4) is 5.75 Å². The fourth-order valence-electron chi connectivity index (χ4n) is 3.80. The molecule has 2 fully saturated rings. The maximum Gasteiger partial charge on any atom is 0.401 e. The topological polar surface area (TPSA) is 43.3 Å². The van der Waals surface area contributed by atoms with Gasteiger partial charge in [0.15, 0.2) is 5.96 Å². The highest BCUT2D eigenvalue weighted by molar-refractivity contribution is 5.80. The first kappa shape index (κ1) is 20.6. The lowest BCUT2D eigenvalue weighted by molar-refractivity contribution is -0.143. The van der Waals surface area contributed by atoms with E-state index in [2.05, 4.69) is 32.2 Å². The number of anilines is 1. The molecule has 156 valence electrons. The number of alkyl halides is 3. The van der Waals surface area contributed by atoms with E-state index in [0.717, 1.165) is 43.6 Å². The summed E-state index contributed by atoms with van der Waals surface area (Å²) in [5.74, 6) is 1.61. The fraction of sp³-hybridized carbons (Fsp3) is 0.632. The molecule has 2 heterocycles. The van der Waals surface area contributed by atoms with Gasteiger partial charge in [0.05, 0.1) is 13.7 Å². The van der Waals surface area contributed by atoms with E-state index in [9.17, 15) is 13.2 Å². The van der Waals surface area contributed by atoms with Crippen LogP contribution in [0.5, 0.6) is 5.75 Å². The molecule has 28 heavy (non-hydrogen) atoms. The summed E-state index contributed by atoms with van der Waals surface area (Å²) in [5, 5.41) is 3.35. The molecule has 9 heteroatoms. The van der Waals surface area contributed by atoms with Crippen molar-refractivity contribution in [3.63, 3.8) is 0 Å². The largest absolute Gasteiger partial charge is 0.497 e. The number of ether oxygens (including phenoxy) is 1. The second-order valence-corrected chi connectivity index (χ2v) is 7.20. The smallest absolute Gasteiger partial charge is 0.401 e. The Hall–Kier alpha value is -2.16. The number of benzene rings is 1. The average Bonchev–Trinajstić information content (AvgIpc) is 3.11. The Kier molecular flexibility index (Phi) is 6.53. The van der Waals surface area contributed by atoms with Crippen LogP contribution < -0.4 is 15.0 Å². The van der Waals surface area contributed by atoms with Crippen LogP contribution in [-0.2, 0) is 0 Å². The standard InChI is InChI=1S/C19H28F3N5O/c1-23-18(24-15-7-8-25(13-15)14-19(20,21)22)27-11-9-26(10-12-27)16-3-5-17(28-2)6-4-16/h3-6,15H,7-14H2,1-2H3,(H,23,24). The number of guanidine groups is 1. The van der Waals surface area contributed by atoms with E-state index in [0.29, 0.717) is 19.5 Å². The summed E-state index contributed by atoms with van der Waals surface area (Å²) < 4.78 is 42.9. The molecule has 1 aromatic rings. The lowest BCUT2D eigenvalue weighted by Crippen LogP contribution is -2.54. The molecule has 1 aromatic carbocycles. The van der Waals surface area contributed by atoms with Gasteiger partial charge in [0, 0.05) is 58.0 Å². The van der Waals surface area contributed by atoms with Crippen molar-refractivity contribution >= 4 is 11.6 Å². The monoisotopic (exact) mass is 399 g/mol. The number of hydrogen-bond donors (Lipinski definition) is 1. The number of halogens is 3. The Bertz CT molecular complexity index is 657. The van der Waals surface area contributed by atoms with Crippen molar-refractivity contribution in [1.29, 1.82) is 0 Å². The van der Waals surface area contributed by atoms with Crippen molar-refractivity contribution in [2.24, 2.45) is 4.99 Å². The van der Waals surface area contributed by atoms with Crippen molar-refractivity contribution < 1.29 is 17.9 Å². The van der Waals surface area contributed by atoms with Crippen molar-refractivity contribution in [2.75, 3.05) is 64.9 Å². The Morgan fingerprint density at radius 1 is 1.14 bits per heavy atom. The quantitative estimate of drug-likeness (QED) is 0.620. The van der Waals surface area contributed by atoms with E-state index in [1.807, 2.05) is 12.1 Å². The van der Waals surface area contributed by atoms with Gasteiger partial charge in [0.25, 0.3) is 0 Å². The van der Waals surface area contributed by atoms with Crippen LogP contribution >= 0.6 is 0 Å². The van der Waals surface area contributed by atoms with Crippen molar-refractivity contribution in [1.82, 2.24) is 15.1 Å². The maximum absolute atomic E-state index is 12.6. The van der Waals surface area contributed by atoms with Crippen LogP contribution in [0.2, 0.25) is 0 Å². The van der Waals surface area contributed by atoms with Crippen LogP contribution in [0.4, 0.5) is 18.9 Å². The molecule has 0 aromatic heterocycles. The van der Waals surface area contributed by atoms with E-state index in [4.69, 9.17) is 4.74 Å². The molecule has 2 aliphatic heterocycles. The van der Waals surface area contributed by atoms with Crippen LogP contribution in [0.25, 0.3) is 0 Å². The number of methoxy groups -OCH3 is 1. The first-order valence-corrected chi connectivity index (χ1v) is 9.54. The third-order valence-electron chi connectivity index (χ3n) is 5.24. The van der Waals surface area contributed by atoms with Gasteiger partial charge < -0.3 is 19.9 Å². The third kappa shape index (κ3) is 5.43. The average molecular weight is 399 g/mol. The highest BCUT2D eigenvalue weighted by atomic mass is 19.4. The minimum absolute atomic E-state index is 0.000618. The molecule has 1 unspecified atom stereocenters. The molecule has 6 nitrogen and oxygen atoms in total. The molecular weight excluding hydrogens is 371 g/mol. The highest BCUT2D eigenvalue weighted by Crippen LogP contribution is 2.22. The number of nitrogens with one attached hydrogen (secondary N) is 1. The number of hydrogen-bond acceptors (Lipinski definition) is 4. The van der Waals surface area contributed by atoms with Gasteiger partial charge in [-0.05, 0) is 30.7 Å². The van der Waals surface area contributed by atoms with Gasteiger partial charge in [0.2, 0.25) is 0 Å². The summed E-state index contributed by atoms with van der Waals surface area (Å²) in [6.07, 6.45) is -3.45. The molecule has 1 atom stereocenters. The first-order valence-electron chi connectivity index (χ1n) is 9.54. The lowest BCUT2D eigenvalue weighted by atomic mass is 10.2. The van der Waals surface area contributed by atoms with E-state index in [-0.39, 0.29) is 6.04 Å². The maximum atomic E-state index is 12.6. The number of nitrogens with zero attached hydrogens (tertiary/aromatic N) is 4. The summed E-state index contributed by atoms with van der Waals surface area (Å²) in [6.45, 7) is 3.35. The molecular formula is C19H28F3N5O. The van der Waals surface area contributed by atoms with Gasteiger partial charge in [0.1, 0.15) is 5.75 Å². The molecule has 0 saturated carbocycles. The van der Waals surface area contributed by atoms with Crippen molar-refractivity contribution in [3.05, 3.63) is 24.3 Å². The summed E-state index contributed by atoms with van der Waals surface area (Å²) in [6, 6.07) is 8.01. The van der Waals surface area contributed by atoms with Gasteiger partial charge in [-0.25, -0.2) is 0 Å². The van der Waals surface area contributed by atoms with Gasteiger partial charge in [-0.3, -0.25) is 9.89 Å². The molecule has 0 amide bonds. The minimum Gasteiger partial charge on any atom is -0.497 e. The highest BCUT2D eigenvalue weighted by Gasteiger charge is 2.35. The van der Waals surface area contributed by atoms with Crippen molar-refractivity contribution in [2.45, 2.75) is 18.6 Å². The van der Waals surface area contributed by atoms with Crippen LogP contribution in [-0.4, -0.2) is 87.9 Å². The van der Waals surface area contributed by atoms with Gasteiger partial charge in [-0.15, -0.1) is 0 Å². The van der Waals surface area contributed by atoms with Crippen LogP contribution in [0.15, 0.2) is 29.3 Å². The Morgan fingerprint density at radius 3 is 2.39 bits per heavy atom. The van der Waals surface area contributed by atoms with Gasteiger partial charge in [-0.1, -0.05) is 0 Å². The van der Waals surface area contributed by atoms with E-state index < -0.39 is 12.7 Å². The summed E-state index contributed by atoms with van der Waals surface area (Å²) in [4.78, 5) is 10.3. The second-order valence-electron chi connectivity index (χ2n) is 7.20. The van der Waals surface area contributed by atoms with Crippen LogP contribution in [0.1, 0.15) is 6.42 Å². The Balaban J connectivity index is 1.48. The first-order chi connectivity index (χ1) is 13.4. The number of likely N-dealkylation sites (tertiary alicyclic amines) is 1. The SMILES string of the molecule is CN=C(NC1CCN(CC(F)(F)F)C1)N1CCN(c2ccc(OC)cc2)CC1. The van der Waals surface area contributed by atoms with E-state index >= 15 is 0 Å². The number of aliphatic imine (C=N–C) groups is 1. The molecule has 1 N–H and O–H groups in total. The zero-order valence-corrected chi connectivity index (χ0v) is 16.4. The van der Waals surface area contributed by atoms with Crippen LogP contribution in [0.3, 0.4) is 0 Å². The summed E-state index contributed by atoms with van der Waals surface area (Å²) >= 11 is 0. The molecule has 0 spiro atoms. The summed E-state index contributed by atoms with van der Waals surface area (Å²) in [5.41, 5.74) is 1.15. The molecule has 0 bridgehead atoms. The predicted octanol–water partition coefficient (Wildman–Crippen LogP) is 2.03. The number of piperazine rings is 1. The summed E-state index contributed by atoms with van der Waals surface area (Å²) in [7, 11) is 3.37. The predicted molar refractivity (Wildman–Crippen MR) is 104 cm³/mol. The number of rotatable bonds is 4. The van der Waals surface area contributed by atoms with E-state index in [1.165, 1.54) is 4.90 Å². The fourth-order valence-corrected chi connectivity index (χ4v) is 3.80. The zero-order valence-electron chi connectivity index (χ0n) is 16.4. The Morgan fingerprint density at radius 2 is 1.82 bits per heavy atom. The third-order valence-corrected chi connectivity index (χ3v) is 5.24. The zero-order chi connectivity index (χ0) is 20.1. The second kappa shape index (κ2) is 8.89. The normalized spacial score (nSPS) is 21.9. The van der Waals surface area contributed by atoms with Gasteiger partial charge >= 0.3 is 6.18 Å². The van der Waals surface area contributed by atoms with Crippen LogP contribution in [0, 0.1) is 0 Å².